The Morgan fingerprint density at radius 2 is 1.69 bits per heavy atom. The molecule has 0 aliphatic rings. The number of rotatable bonds is 5. The highest BCUT2D eigenvalue weighted by Gasteiger charge is 2.56. The standard InChI is InChI=1S/C6H9F5OS/c1-12-13-4-2-3-5(7,8)6(9,10)11/h2-4H2,1H3. The monoisotopic (exact) mass is 224 g/mol. The average molecular weight is 224 g/mol. The third kappa shape index (κ3) is 4.66. The van der Waals surface area contributed by atoms with Gasteiger partial charge in [-0.3, -0.25) is 0 Å². The fourth-order valence-corrected chi connectivity index (χ4v) is 1.01. The molecule has 0 rings (SSSR count). The van der Waals surface area contributed by atoms with E-state index in [4.69, 9.17) is 0 Å². The van der Waals surface area contributed by atoms with Crippen LogP contribution in [-0.4, -0.2) is 25.0 Å². The third-order valence-corrected chi connectivity index (χ3v) is 1.94. The zero-order valence-electron chi connectivity index (χ0n) is 6.83. The molecule has 0 fully saturated rings. The van der Waals surface area contributed by atoms with Crippen LogP contribution < -0.4 is 0 Å². The lowest BCUT2D eigenvalue weighted by Gasteiger charge is -2.18. The SMILES string of the molecule is COSCCCC(F)(F)C(F)(F)F. The van der Waals surface area contributed by atoms with Gasteiger partial charge in [-0.15, -0.1) is 0 Å². The molecule has 1 nitrogen and oxygen atoms in total. The molecule has 0 aliphatic heterocycles. The fraction of sp³-hybridized carbons (Fsp3) is 1.00. The first-order chi connectivity index (χ1) is 5.81. The molecular formula is C6H9F5OS. The van der Waals surface area contributed by atoms with Crippen molar-refractivity contribution in [1.29, 1.82) is 0 Å². The largest absolute Gasteiger partial charge is 0.453 e. The minimum Gasteiger partial charge on any atom is -0.319 e. The van der Waals surface area contributed by atoms with Crippen molar-refractivity contribution in [2.45, 2.75) is 24.9 Å². The smallest absolute Gasteiger partial charge is 0.319 e. The average Bonchev–Trinajstić information content (AvgIpc) is 1.96. The van der Waals surface area contributed by atoms with Crippen molar-refractivity contribution < 1.29 is 26.1 Å². The van der Waals surface area contributed by atoms with E-state index in [1.165, 1.54) is 7.11 Å². The lowest BCUT2D eigenvalue weighted by Crippen LogP contribution is -2.36. The van der Waals surface area contributed by atoms with Crippen LogP contribution in [0.2, 0.25) is 0 Å². The minimum atomic E-state index is -5.44. The van der Waals surface area contributed by atoms with Crippen LogP contribution in [0.1, 0.15) is 12.8 Å². The van der Waals surface area contributed by atoms with Gasteiger partial charge in [0, 0.05) is 12.2 Å². The highest BCUT2D eigenvalue weighted by molar-refractivity contribution is 7.94. The zero-order valence-corrected chi connectivity index (χ0v) is 7.64. The summed E-state index contributed by atoms with van der Waals surface area (Å²) in [6.07, 6.45) is -6.86. The quantitative estimate of drug-likeness (QED) is 0.402. The zero-order chi connectivity index (χ0) is 10.5. The molecule has 80 valence electrons. The molecule has 0 radical (unpaired) electrons. The van der Waals surface area contributed by atoms with Crippen LogP contribution in [0.25, 0.3) is 0 Å². The van der Waals surface area contributed by atoms with Crippen LogP contribution in [0, 0.1) is 0 Å². The molecule has 0 saturated carbocycles. The first-order valence-electron chi connectivity index (χ1n) is 3.41. The van der Waals surface area contributed by atoms with Gasteiger partial charge < -0.3 is 4.18 Å². The van der Waals surface area contributed by atoms with Crippen LogP contribution in [0.3, 0.4) is 0 Å². The van der Waals surface area contributed by atoms with Crippen LogP contribution in [0.4, 0.5) is 22.0 Å². The van der Waals surface area contributed by atoms with Crippen molar-refractivity contribution in [3.8, 4) is 0 Å². The van der Waals surface area contributed by atoms with Crippen molar-refractivity contribution in [3.05, 3.63) is 0 Å². The predicted octanol–water partition coefficient (Wildman–Crippen LogP) is 3.26. The second kappa shape index (κ2) is 4.99. The fourth-order valence-electron chi connectivity index (χ4n) is 0.578. The molecule has 0 atom stereocenters. The molecule has 0 unspecified atom stereocenters. The Kier molecular flexibility index (Phi) is 4.98. The minimum absolute atomic E-state index is 0.127. The maximum Gasteiger partial charge on any atom is 0.453 e. The van der Waals surface area contributed by atoms with Crippen molar-refractivity contribution >= 4 is 12.0 Å². The Morgan fingerprint density at radius 1 is 1.15 bits per heavy atom. The summed E-state index contributed by atoms with van der Waals surface area (Å²) in [5.74, 6) is -4.45. The molecule has 13 heavy (non-hydrogen) atoms. The molecule has 0 N–H and O–H groups in total. The molecule has 0 heterocycles. The van der Waals surface area contributed by atoms with Crippen LogP contribution >= 0.6 is 12.0 Å². The maximum atomic E-state index is 12.2. The summed E-state index contributed by atoms with van der Waals surface area (Å²) in [6, 6.07) is 0. The highest BCUT2D eigenvalue weighted by atomic mass is 32.2. The molecule has 0 aromatic heterocycles. The maximum absolute atomic E-state index is 12.2. The van der Waals surface area contributed by atoms with Gasteiger partial charge in [0.05, 0.1) is 7.11 Å². The molecule has 0 saturated heterocycles. The molecule has 7 heteroatoms. The number of alkyl halides is 5. The lowest BCUT2D eigenvalue weighted by atomic mass is 10.2. The summed E-state index contributed by atoms with van der Waals surface area (Å²) >= 11 is 0.859. The Bertz CT molecular complexity index is 146. The van der Waals surface area contributed by atoms with E-state index in [9.17, 15) is 22.0 Å². The van der Waals surface area contributed by atoms with Crippen molar-refractivity contribution in [2.24, 2.45) is 0 Å². The summed E-state index contributed by atoms with van der Waals surface area (Å²) < 4.78 is 63.5. The normalized spacial score (nSPS) is 13.4. The molecule has 0 aliphatic carbocycles. The van der Waals surface area contributed by atoms with E-state index in [0.29, 0.717) is 0 Å². The van der Waals surface area contributed by atoms with E-state index in [0.717, 1.165) is 12.0 Å². The van der Waals surface area contributed by atoms with Crippen molar-refractivity contribution in [1.82, 2.24) is 0 Å². The van der Waals surface area contributed by atoms with Gasteiger partial charge in [0.1, 0.15) is 0 Å². The van der Waals surface area contributed by atoms with Gasteiger partial charge in [-0.2, -0.15) is 22.0 Å². The van der Waals surface area contributed by atoms with E-state index in [-0.39, 0.29) is 12.2 Å². The van der Waals surface area contributed by atoms with Gasteiger partial charge in [-0.05, 0) is 18.5 Å². The summed E-state index contributed by atoms with van der Waals surface area (Å²) in [5.41, 5.74) is 0. The molecule has 0 amide bonds. The van der Waals surface area contributed by atoms with E-state index in [2.05, 4.69) is 4.18 Å². The second-order valence-electron chi connectivity index (χ2n) is 2.29. The number of halogens is 5. The van der Waals surface area contributed by atoms with E-state index >= 15 is 0 Å². The lowest BCUT2D eigenvalue weighted by molar-refractivity contribution is -0.284. The second-order valence-corrected chi connectivity index (χ2v) is 3.27. The molecule has 0 bridgehead atoms. The van der Waals surface area contributed by atoms with Gasteiger partial charge >= 0.3 is 12.1 Å². The molecular weight excluding hydrogens is 215 g/mol. The van der Waals surface area contributed by atoms with Gasteiger partial charge in [0.15, 0.2) is 0 Å². The van der Waals surface area contributed by atoms with E-state index in [1.807, 2.05) is 0 Å². The predicted molar refractivity (Wildman–Crippen MR) is 39.7 cm³/mol. The van der Waals surface area contributed by atoms with Crippen LogP contribution in [0.15, 0.2) is 0 Å². The van der Waals surface area contributed by atoms with Crippen molar-refractivity contribution in [3.63, 3.8) is 0 Å². The molecule has 0 aromatic rings. The molecule has 0 spiro atoms. The summed E-state index contributed by atoms with van der Waals surface area (Å²) in [5, 5.41) is 0. The van der Waals surface area contributed by atoms with Gasteiger partial charge in [-0.25, -0.2) is 0 Å². The van der Waals surface area contributed by atoms with Crippen LogP contribution in [0.5, 0.6) is 0 Å². The van der Waals surface area contributed by atoms with E-state index in [1.54, 1.807) is 0 Å². The number of hydrogen-bond donors (Lipinski definition) is 0. The summed E-state index contributed by atoms with van der Waals surface area (Å²) in [4.78, 5) is 0. The Hall–Kier alpha value is -0.0400. The Morgan fingerprint density at radius 3 is 2.08 bits per heavy atom. The topological polar surface area (TPSA) is 9.23 Å². The summed E-state index contributed by atoms with van der Waals surface area (Å²) in [6.45, 7) is 0. The summed E-state index contributed by atoms with van der Waals surface area (Å²) in [7, 11) is 1.33. The first-order valence-corrected chi connectivity index (χ1v) is 4.32. The third-order valence-electron chi connectivity index (χ3n) is 1.25. The van der Waals surface area contributed by atoms with Gasteiger partial charge in [0.2, 0.25) is 0 Å². The van der Waals surface area contributed by atoms with Gasteiger partial charge in [0.25, 0.3) is 0 Å². The Labute approximate surface area is 76.8 Å². The highest BCUT2D eigenvalue weighted by Crippen LogP contribution is 2.38. The Balaban J connectivity index is 3.77. The number of hydrogen-bond acceptors (Lipinski definition) is 2. The first kappa shape index (κ1) is 13.0. The van der Waals surface area contributed by atoms with Crippen molar-refractivity contribution in [2.75, 3.05) is 12.9 Å². The van der Waals surface area contributed by atoms with Gasteiger partial charge in [-0.1, -0.05) is 0 Å². The molecule has 0 aromatic carbocycles. The van der Waals surface area contributed by atoms with E-state index < -0.39 is 18.5 Å². The van der Waals surface area contributed by atoms with Crippen LogP contribution in [-0.2, 0) is 4.18 Å².